The van der Waals surface area contributed by atoms with Crippen molar-refractivity contribution in [3.05, 3.63) is 0 Å². The Morgan fingerprint density at radius 3 is 2.25 bits per heavy atom. The number of alkyl halides is 3. The fourth-order valence-corrected chi connectivity index (χ4v) is 0.579. The summed E-state index contributed by atoms with van der Waals surface area (Å²) < 4.78 is 40.5. The molecule has 0 heterocycles. The van der Waals surface area contributed by atoms with E-state index < -0.39 is 18.2 Å². The van der Waals surface area contributed by atoms with E-state index in [1.54, 1.807) is 6.07 Å². The molecule has 0 amide bonds. The van der Waals surface area contributed by atoms with Gasteiger partial charge < -0.3 is 4.74 Å². The normalized spacial score (nSPS) is 16.7. The highest BCUT2D eigenvalue weighted by atomic mass is 19.4. The van der Waals surface area contributed by atoms with Crippen molar-refractivity contribution in [2.45, 2.75) is 26.1 Å². The van der Waals surface area contributed by atoms with Crippen molar-refractivity contribution in [2.24, 2.45) is 5.92 Å². The van der Waals surface area contributed by atoms with Gasteiger partial charge >= 0.3 is 6.18 Å². The smallest absolute Gasteiger partial charge is 0.363 e. The molecule has 2 atom stereocenters. The predicted octanol–water partition coefficient (Wildman–Crippen LogP) is 2.11. The number of hydrogen-bond acceptors (Lipinski definition) is 2. The number of ether oxygens (including phenoxy) is 1. The van der Waals surface area contributed by atoms with Crippen LogP contribution in [0.25, 0.3) is 0 Å². The number of nitrogens with zero attached hydrogens (tertiary/aromatic N) is 1. The van der Waals surface area contributed by atoms with Crippen LogP contribution in [0.1, 0.15) is 13.8 Å². The van der Waals surface area contributed by atoms with Gasteiger partial charge in [0.15, 0.2) is 0 Å². The summed E-state index contributed by atoms with van der Waals surface area (Å²) in [5.41, 5.74) is 0. The third kappa shape index (κ3) is 3.58. The second-order valence-electron chi connectivity index (χ2n) is 2.50. The third-order valence-electron chi connectivity index (χ3n) is 1.63. The second-order valence-corrected chi connectivity index (χ2v) is 2.50. The second kappa shape index (κ2) is 4.31. The molecule has 0 rings (SSSR count). The monoisotopic (exact) mass is 181 g/mol. The zero-order valence-electron chi connectivity index (χ0n) is 6.85. The van der Waals surface area contributed by atoms with Gasteiger partial charge in [-0.2, -0.15) is 18.4 Å². The van der Waals surface area contributed by atoms with Crippen LogP contribution in [0.15, 0.2) is 0 Å². The minimum absolute atomic E-state index is 0.304. The summed E-state index contributed by atoms with van der Waals surface area (Å²) in [4.78, 5) is 0. The number of halogens is 3. The Kier molecular flexibility index (Phi) is 4.04. The van der Waals surface area contributed by atoms with E-state index in [1.165, 1.54) is 6.92 Å². The molecule has 0 saturated heterocycles. The first-order valence-electron chi connectivity index (χ1n) is 3.45. The van der Waals surface area contributed by atoms with Crippen LogP contribution >= 0.6 is 0 Å². The van der Waals surface area contributed by atoms with E-state index in [0.29, 0.717) is 0 Å². The van der Waals surface area contributed by atoms with Crippen LogP contribution in [-0.2, 0) is 4.74 Å². The van der Waals surface area contributed by atoms with E-state index in [-0.39, 0.29) is 6.61 Å². The van der Waals surface area contributed by atoms with Crippen LogP contribution in [-0.4, -0.2) is 18.9 Å². The van der Waals surface area contributed by atoms with E-state index in [2.05, 4.69) is 4.74 Å². The summed E-state index contributed by atoms with van der Waals surface area (Å²) in [5, 5.41) is 8.04. The molecule has 0 saturated carbocycles. The molecule has 0 bridgehead atoms. The van der Waals surface area contributed by atoms with Gasteiger partial charge in [0.2, 0.25) is 0 Å². The molecule has 0 radical (unpaired) electrons. The van der Waals surface area contributed by atoms with E-state index in [1.807, 2.05) is 0 Å². The highest BCUT2D eigenvalue weighted by Crippen LogP contribution is 2.29. The molecule has 0 aromatic rings. The van der Waals surface area contributed by atoms with Gasteiger partial charge in [-0.05, 0) is 6.92 Å². The van der Waals surface area contributed by atoms with Gasteiger partial charge in [0.1, 0.15) is 6.61 Å². The predicted molar refractivity (Wildman–Crippen MR) is 36.2 cm³/mol. The molecule has 0 aliphatic heterocycles. The Labute approximate surface area is 68.9 Å². The Morgan fingerprint density at radius 1 is 1.42 bits per heavy atom. The fourth-order valence-electron chi connectivity index (χ4n) is 0.579. The third-order valence-corrected chi connectivity index (χ3v) is 1.63. The summed E-state index contributed by atoms with van der Waals surface area (Å²) in [6.45, 7) is 2.03. The lowest BCUT2D eigenvalue weighted by atomic mass is 10.1. The van der Waals surface area contributed by atoms with E-state index in [4.69, 9.17) is 5.26 Å². The van der Waals surface area contributed by atoms with Gasteiger partial charge in [-0.3, -0.25) is 0 Å². The molecule has 0 aliphatic carbocycles. The van der Waals surface area contributed by atoms with Crippen LogP contribution < -0.4 is 0 Å². The maximum Gasteiger partial charge on any atom is 0.394 e. The molecule has 0 aromatic heterocycles. The molecule has 2 nitrogen and oxygen atoms in total. The lowest BCUT2D eigenvalue weighted by molar-refractivity contribution is -0.197. The van der Waals surface area contributed by atoms with E-state index in [0.717, 1.165) is 6.92 Å². The molecule has 0 fully saturated rings. The van der Waals surface area contributed by atoms with Crippen LogP contribution in [0.5, 0.6) is 0 Å². The maximum atomic E-state index is 12.0. The molecule has 5 heteroatoms. The largest absolute Gasteiger partial charge is 0.394 e. The van der Waals surface area contributed by atoms with Gasteiger partial charge in [0, 0.05) is 0 Å². The topological polar surface area (TPSA) is 33.0 Å². The van der Waals surface area contributed by atoms with Crippen molar-refractivity contribution in [1.29, 1.82) is 5.26 Å². The highest BCUT2D eigenvalue weighted by molar-refractivity contribution is 4.73. The summed E-state index contributed by atoms with van der Waals surface area (Å²) in [6, 6.07) is 1.62. The zero-order chi connectivity index (χ0) is 9.78. The van der Waals surface area contributed by atoms with Crippen molar-refractivity contribution >= 4 is 0 Å². The first-order valence-corrected chi connectivity index (χ1v) is 3.45. The Bertz CT molecular complexity index is 172. The molecular formula is C7H10F3NO. The maximum absolute atomic E-state index is 12.0. The molecule has 0 spiro atoms. The van der Waals surface area contributed by atoms with Crippen molar-refractivity contribution in [3.8, 4) is 6.07 Å². The van der Waals surface area contributed by atoms with Gasteiger partial charge in [-0.15, -0.1) is 0 Å². The van der Waals surface area contributed by atoms with Gasteiger partial charge in [-0.25, -0.2) is 0 Å². The first kappa shape index (κ1) is 11.2. The van der Waals surface area contributed by atoms with Crippen molar-refractivity contribution in [2.75, 3.05) is 6.61 Å². The molecule has 0 N–H and O–H groups in total. The molecule has 12 heavy (non-hydrogen) atoms. The van der Waals surface area contributed by atoms with Crippen LogP contribution in [0.4, 0.5) is 13.2 Å². The minimum Gasteiger partial charge on any atom is -0.363 e. The SMILES string of the molecule is CC(OCC#N)C(C)C(F)(F)F. The lowest BCUT2D eigenvalue weighted by Gasteiger charge is -2.21. The molecule has 70 valence electrons. The zero-order valence-corrected chi connectivity index (χ0v) is 6.85. The van der Waals surface area contributed by atoms with Gasteiger partial charge in [-0.1, -0.05) is 6.92 Å². The first-order chi connectivity index (χ1) is 5.39. The fraction of sp³-hybridized carbons (Fsp3) is 0.857. The van der Waals surface area contributed by atoms with Gasteiger partial charge in [0.05, 0.1) is 18.1 Å². The van der Waals surface area contributed by atoms with Crippen LogP contribution in [0.2, 0.25) is 0 Å². The number of rotatable bonds is 3. The van der Waals surface area contributed by atoms with E-state index in [9.17, 15) is 13.2 Å². The summed E-state index contributed by atoms with van der Waals surface area (Å²) in [6.07, 6.45) is -5.22. The van der Waals surface area contributed by atoms with Crippen LogP contribution in [0, 0.1) is 17.2 Å². The Morgan fingerprint density at radius 2 is 1.92 bits per heavy atom. The molecule has 0 aromatic carbocycles. The molecular weight excluding hydrogens is 171 g/mol. The summed E-state index contributed by atoms with van der Waals surface area (Å²) in [7, 11) is 0. The van der Waals surface area contributed by atoms with Gasteiger partial charge in [0.25, 0.3) is 0 Å². The summed E-state index contributed by atoms with van der Waals surface area (Å²) in [5.74, 6) is -1.54. The minimum atomic E-state index is -4.26. The lowest BCUT2D eigenvalue weighted by Crippen LogP contribution is -2.31. The van der Waals surface area contributed by atoms with E-state index >= 15 is 0 Å². The Hall–Kier alpha value is -0.760. The summed E-state index contributed by atoms with van der Waals surface area (Å²) >= 11 is 0. The van der Waals surface area contributed by atoms with Crippen LogP contribution in [0.3, 0.4) is 0 Å². The standard InChI is InChI=1S/C7H10F3NO/c1-5(7(8,9)10)6(2)12-4-3-11/h5-6H,4H2,1-2H3. The average molecular weight is 181 g/mol. The number of hydrogen-bond donors (Lipinski definition) is 0. The number of nitriles is 1. The van der Waals surface area contributed by atoms with Crippen molar-refractivity contribution in [1.82, 2.24) is 0 Å². The molecule has 0 aliphatic rings. The quantitative estimate of drug-likeness (QED) is 0.668. The highest BCUT2D eigenvalue weighted by Gasteiger charge is 2.39. The average Bonchev–Trinajstić information content (AvgIpc) is 1.97. The van der Waals surface area contributed by atoms with Crippen molar-refractivity contribution < 1.29 is 17.9 Å². The Balaban J connectivity index is 3.94. The van der Waals surface area contributed by atoms with Crippen molar-refractivity contribution in [3.63, 3.8) is 0 Å². The molecule has 2 unspecified atom stereocenters.